The summed E-state index contributed by atoms with van der Waals surface area (Å²) >= 11 is 0. The molecule has 4 nitrogen and oxygen atoms in total. The highest BCUT2D eigenvalue weighted by Gasteiger charge is 2.35. The number of aromatic carboxylic acids is 1. The van der Waals surface area contributed by atoms with Crippen LogP contribution in [0.25, 0.3) is 0 Å². The third-order valence-electron chi connectivity index (χ3n) is 2.79. The minimum absolute atomic E-state index is 0.332. The van der Waals surface area contributed by atoms with Crippen LogP contribution in [0.3, 0.4) is 0 Å². The van der Waals surface area contributed by atoms with E-state index in [1.807, 2.05) is 0 Å². The van der Waals surface area contributed by atoms with E-state index in [0.29, 0.717) is 12.1 Å². The fourth-order valence-corrected chi connectivity index (χ4v) is 1.79. The standard InChI is InChI=1S/C13H8F4O4/c14-9-2-1-6(5-8(9)13(15,16)17)10(18)11-7(12(19)20)3-4-21-11/h1-5,10,18H,(H,19,20). The van der Waals surface area contributed by atoms with Gasteiger partial charge in [-0.3, -0.25) is 0 Å². The third-order valence-corrected chi connectivity index (χ3v) is 2.79. The zero-order chi connectivity index (χ0) is 15.8. The molecule has 0 radical (unpaired) electrons. The Balaban J connectivity index is 2.47. The van der Waals surface area contributed by atoms with Crippen molar-refractivity contribution in [3.8, 4) is 0 Å². The van der Waals surface area contributed by atoms with Crippen LogP contribution in [-0.4, -0.2) is 16.2 Å². The van der Waals surface area contributed by atoms with E-state index >= 15 is 0 Å². The Hall–Kier alpha value is -2.35. The van der Waals surface area contributed by atoms with Crippen molar-refractivity contribution >= 4 is 5.97 Å². The van der Waals surface area contributed by atoms with Crippen LogP contribution in [0, 0.1) is 5.82 Å². The van der Waals surface area contributed by atoms with E-state index in [4.69, 9.17) is 9.52 Å². The van der Waals surface area contributed by atoms with Gasteiger partial charge in [-0.25, -0.2) is 9.18 Å². The first-order valence-electron chi connectivity index (χ1n) is 5.57. The van der Waals surface area contributed by atoms with Crippen LogP contribution >= 0.6 is 0 Å². The molecule has 0 amide bonds. The maximum Gasteiger partial charge on any atom is 0.419 e. The number of hydrogen-bond donors (Lipinski definition) is 2. The summed E-state index contributed by atoms with van der Waals surface area (Å²) < 4.78 is 55.8. The third kappa shape index (κ3) is 2.89. The minimum atomic E-state index is -4.93. The van der Waals surface area contributed by atoms with Crippen molar-refractivity contribution in [2.45, 2.75) is 12.3 Å². The van der Waals surface area contributed by atoms with Crippen molar-refractivity contribution in [2.24, 2.45) is 0 Å². The number of carboxylic acid groups (broad SMARTS) is 1. The number of aliphatic hydroxyl groups excluding tert-OH is 1. The summed E-state index contributed by atoms with van der Waals surface area (Å²) in [6, 6.07) is 2.93. The Labute approximate surface area is 115 Å². The number of aliphatic hydroxyl groups is 1. The van der Waals surface area contributed by atoms with Gasteiger partial charge in [0.2, 0.25) is 0 Å². The van der Waals surface area contributed by atoms with Gasteiger partial charge < -0.3 is 14.6 Å². The Bertz CT molecular complexity index is 675. The van der Waals surface area contributed by atoms with Gasteiger partial charge in [0, 0.05) is 0 Å². The Morgan fingerprint density at radius 2 is 1.90 bits per heavy atom. The maximum absolute atomic E-state index is 13.2. The molecule has 1 aromatic carbocycles. The van der Waals surface area contributed by atoms with E-state index in [-0.39, 0.29) is 11.1 Å². The number of halogens is 4. The van der Waals surface area contributed by atoms with Crippen molar-refractivity contribution in [3.63, 3.8) is 0 Å². The van der Waals surface area contributed by atoms with Gasteiger partial charge in [0.15, 0.2) is 5.76 Å². The van der Waals surface area contributed by atoms with Crippen LogP contribution in [0.1, 0.15) is 33.3 Å². The zero-order valence-corrected chi connectivity index (χ0v) is 10.2. The fourth-order valence-electron chi connectivity index (χ4n) is 1.79. The molecule has 0 saturated carbocycles. The van der Waals surface area contributed by atoms with Gasteiger partial charge >= 0.3 is 12.1 Å². The molecule has 0 aliphatic rings. The molecule has 0 spiro atoms. The van der Waals surface area contributed by atoms with Crippen molar-refractivity contribution in [3.05, 3.63) is 58.8 Å². The number of alkyl halides is 3. The number of carboxylic acids is 1. The number of rotatable bonds is 3. The first kappa shape index (κ1) is 15.0. The zero-order valence-electron chi connectivity index (χ0n) is 10.2. The summed E-state index contributed by atoms with van der Waals surface area (Å²) in [5.41, 5.74) is -2.27. The SMILES string of the molecule is O=C(O)c1ccoc1C(O)c1ccc(F)c(C(F)(F)F)c1. The van der Waals surface area contributed by atoms with Crippen molar-refractivity contribution < 1.29 is 37.0 Å². The van der Waals surface area contributed by atoms with E-state index in [9.17, 15) is 27.5 Å². The average Bonchev–Trinajstić information content (AvgIpc) is 2.86. The Morgan fingerprint density at radius 3 is 2.48 bits per heavy atom. The second-order valence-corrected chi connectivity index (χ2v) is 4.14. The molecule has 2 N–H and O–H groups in total. The van der Waals surface area contributed by atoms with Crippen molar-refractivity contribution in [1.29, 1.82) is 0 Å². The largest absolute Gasteiger partial charge is 0.478 e. The summed E-state index contributed by atoms with van der Waals surface area (Å²) in [5, 5.41) is 18.8. The quantitative estimate of drug-likeness (QED) is 0.854. The molecule has 0 aliphatic heterocycles. The average molecular weight is 304 g/mol. The van der Waals surface area contributed by atoms with Crippen molar-refractivity contribution in [2.75, 3.05) is 0 Å². The molecule has 0 fully saturated rings. The highest BCUT2D eigenvalue weighted by atomic mass is 19.4. The van der Waals surface area contributed by atoms with Gasteiger partial charge in [-0.1, -0.05) is 6.07 Å². The first-order chi connectivity index (χ1) is 9.71. The van der Waals surface area contributed by atoms with Gasteiger partial charge in [0.1, 0.15) is 17.5 Å². The summed E-state index contributed by atoms with van der Waals surface area (Å²) in [7, 11) is 0. The Kier molecular flexibility index (Phi) is 3.73. The predicted molar refractivity (Wildman–Crippen MR) is 61.1 cm³/mol. The van der Waals surface area contributed by atoms with E-state index in [2.05, 4.69) is 0 Å². The topological polar surface area (TPSA) is 70.7 Å². The lowest BCUT2D eigenvalue weighted by Crippen LogP contribution is -2.11. The van der Waals surface area contributed by atoms with Gasteiger partial charge in [0.05, 0.1) is 11.8 Å². The molecule has 1 atom stereocenters. The number of benzene rings is 1. The van der Waals surface area contributed by atoms with Crippen LogP contribution in [0.2, 0.25) is 0 Å². The van der Waals surface area contributed by atoms with Gasteiger partial charge in [-0.15, -0.1) is 0 Å². The van der Waals surface area contributed by atoms with Crippen LogP contribution in [0.5, 0.6) is 0 Å². The number of furan rings is 1. The number of hydrogen-bond acceptors (Lipinski definition) is 3. The van der Waals surface area contributed by atoms with Gasteiger partial charge in [0.25, 0.3) is 0 Å². The molecule has 0 aliphatic carbocycles. The summed E-state index contributed by atoms with van der Waals surface area (Å²) in [6.07, 6.45) is -5.71. The highest BCUT2D eigenvalue weighted by Crippen LogP contribution is 2.34. The van der Waals surface area contributed by atoms with E-state index in [1.165, 1.54) is 0 Å². The van der Waals surface area contributed by atoms with Crippen molar-refractivity contribution in [1.82, 2.24) is 0 Å². The van der Waals surface area contributed by atoms with Crippen LogP contribution in [0.4, 0.5) is 17.6 Å². The molecule has 2 aromatic rings. The lowest BCUT2D eigenvalue weighted by atomic mass is 10.0. The predicted octanol–water partition coefficient (Wildman–Crippen LogP) is 3.22. The molecule has 1 aromatic heterocycles. The van der Waals surface area contributed by atoms with E-state index in [0.717, 1.165) is 18.4 Å². The monoisotopic (exact) mass is 304 g/mol. The number of carbonyl (C=O) groups is 1. The lowest BCUT2D eigenvalue weighted by Gasteiger charge is -2.13. The second-order valence-electron chi connectivity index (χ2n) is 4.14. The molecule has 8 heteroatoms. The Morgan fingerprint density at radius 1 is 1.24 bits per heavy atom. The molecule has 1 heterocycles. The van der Waals surface area contributed by atoms with Crippen LogP contribution < -0.4 is 0 Å². The highest BCUT2D eigenvalue weighted by molar-refractivity contribution is 5.88. The summed E-state index contributed by atoms with van der Waals surface area (Å²) in [5.74, 6) is -3.32. The van der Waals surface area contributed by atoms with Gasteiger partial charge in [-0.05, 0) is 23.8 Å². The van der Waals surface area contributed by atoms with E-state index in [1.54, 1.807) is 0 Å². The van der Waals surface area contributed by atoms with Crippen LogP contribution in [-0.2, 0) is 6.18 Å². The molecular weight excluding hydrogens is 296 g/mol. The molecule has 112 valence electrons. The summed E-state index contributed by atoms with van der Waals surface area (Å²) in [6.45, 7) is 0. The van der Waals surface area contributed by atoms with E-state index < -0.39 is 35.4 Å². The summed E-state index contributed by atoms with van der Waals surface area (Å²) in [4.78, 5) is 10.9. The molecular formula is C13H8F4O4. The lowest BCUT2D eigenvalue weighted by molar-refractivity contribution is -0.140. The first-order valence-corrected chi connectivity index (χ1v) is 5.57. The smallest absolute Gasteiger partial charge is 0.419 e. The molecule has 1 unspecified atom stereocenters. The minimum Gasteiger partial charge on any atom is -0.478 e. The van der Waals surface area contributed by atoms with Crippen LogP contribution in [0.15, 0.2) is 34.9 Å². The fraction of sp³-hybridized carbons (Fsp3) is 0.154. The molecule has 0 bridgehead atoms. The second kappa shape index (κ2) is 5.21. The molecule has 21 heavy (non-hydrogen) atoms. The normalized spacial score (nSPS) is 13.2. The maximum atomic E-state index is 13.2. The molecule has 2 rings (SSSR count). The molecule has 0 saturated heterocycles. The van der Waals surface area contributed by atoms with Gasteiger partial charge in [-0.2, -0.15) is 13.2 Å².